The number of piperidine rings is 1. The summed E-state index contributed by atoms with van der Waals surface area (Å²) in [6, 6.07) is 0.184. The van der Waals surface area contributed by atoms with Crippen molar-refractivity contribution in [2.45, 2.75) is 46.6 Å². The van der Waals surface area contributed by atoms with Crippen LogP contribution in [0.1, 0.15) is 48.3 Å². The molecule has 0 aromatic carbocycles. The van der Waals surface area contributed by atoms with Gasteiger partial charge in [0.05, 0.1) is 5.69 Å². The lowest BCUT2D eigenvalue weighted by Gasteiger charge is -2.36. The van der Waals surface area contributed by atoms with Gasteiger partial charge in [0.15, 0.2) is 0 Å². The highest BCUT2D eigenvalue weighted by molar-refractivity contribution is 5.95. The van der Waals surface area contributed by atoms with Gasteiger partial charge in [-0.3, -0.25) is 9.59 Å². The smallest absolute Gasteiger partial charge is 0.279 e. The van der Waals surface area contributed by atoms with E-state index in [-0.39, 0.29) is 23.1 Å². The summed E-state index contributed by atoms with van der Waals surface area (Å²) >= 11 is 0. The van der Waals surface area contributed by atoms with E-state index >= 15 is 0 Å². The van der Waals surface area contributed by atoms with Crippen molar-refractivity contribution in [3.63, 3.8) is 0 Å². The molecule has 110 valence electrons. The summed E-state index contributed by atoms with van der Waals surface area (Å²) in [7, 11) is 1.59. The molecule has 5 nitrogen and oxygen atoms in total. The Morgan fingerprint density at radius 2 is 1.95 bits per heavy atom. The van der Waals surface area contributed by atoms with E-state index in [1.807, 2.05) is 11.8 Å². The minimum Gasteiger partial charge on any atom is -0.336 e. The molecule has 2 atom stereocenters. The number of aromatic nitrogens is 2. The first-order valence-electron chi connectivity index (χ1n) is 7.18. The van der Waals surface area contributed by atoms with Crippen molar-refractivity contribution in [3.05, 3.63) is 27.2 Å². The fourth-order valence-corrected chi connectivity index (χ4v) is 2.95. The highest BCUT2D eigenvalue weighted by atomic mass is 16.2. The Labute approximate surface area is 119 Å². The molecule has 20 heavy (non-hydrogen) atoms. The predicted molar refractivity (Wildman–Crippen MR) is 77.8 cm³/mol. The van der Waals surface area contributed by atoms with E-state index in [2.05, 4.69) is 18.9 Å². The Hall–Kier alpha value is -1.65. The molecule has 1 aromatic heterocycles. The highest BCUT2D eigenvalue weighted by Gasteiger charge is 2.30. The number of amides is 1. The number of carbonyl (C=O) groups excluding carboxylic acids is 1. The molecule has 0 unspecified atom stereocenters. The third kappa shape index (κ3) is 2.49. The standard InChI is InChI=1S/C15H23N3O2/c1-9-6-7-18(10(2)8-9)15(20)13-11(3)12(4)16-17(5)14(13)19/h9-10H,6-8H2,1-5H3/t9-,10-/m0/s1. The molecular formula is C15H23N3O2. The van der Waals surface area contributed by atoms with Crippen LogP contribution in [-0.4, -0.2) is 33.2 Å². The van der Waals surface area contributed by atoms with Gasteiger partial charge >= 0.3 is 0 Å². The molecule has 1 fully saturated rings. The molecule has 0 radical (unpaired) electrons. The maximum atomic E-state index is 12.7. The van der Waals surface area contributed by atoms with Crippen molar-refractivity contribution >= 4 is 5.91 Å². The van der Waals surface area contributed by atoms with Crippen molar-refractivity contribution in [2.24, 2.45) is 13.0 Å². The number of carbonyl (C=O) groups is 1. The molecule has 2 heterocycles. The third-order valence-electron chi connectivity index (χ3n) is 4.34. The molecule has 0 saturated carbocycles. The van der Waals surface area contributed by atoms with Crippen LogP contribution in [0.15, 0.2) is 4.79 Å². The Morgan fingerprint density at radius 3 is 2.55 bits per heavy atom. The van der Waals surface area contributed by atoms with Gasteiger partial charge in [-0.05, 0) is 45.1 Å². The summed E-state index contributed by atoms with van der Waals surface area (Å²) in [6.07, 6.45) is 1.99. The van der Waals surface area contributed by atoms with Gasteiger partial charge in [-0.25, -0.2) is 4.68 Å². The van der Waals surface area contributed by atoms with Crippen LogP contribution in [0.5, 0.6) is 0 Å². The third-order valence-corrected chi connectivity index (χ3v) is 4.34. The fraction of sp³-hybridized carbons (Fsp3) is 0.667. The van der Waals surface area contributed by atoms with Crippen LogP contribution in [0.25, 0.3) is 0 Å². The van der Waals surface area contributed by atoms with Crippen LogP contribution in [-0.2, 0) is 7.05 Å². The van der Waals surface area contributed by atoms with Gasteiger partial charge in [0.25, 0.3) is 11.5 Å². The Balaban J connectivity index is 2.42. The van der Waals surface area contributed by atoms with Gasteiger partial charge in [0, 0.05) is 19.6 Å². The van der Waals surface area contributed by atoms with Gasteiger partial charge in [-0.1, -0.05) is 6.92 Å². The summed E-state index contributed by atoms with van der Waals surface area (Å²) in [6.45, 7) is 8.62. The van der Waals surface area contributed by atoms with Crippen LogP contribution in [0, 0.1) is 19.8 Å². The van der Waals surface area contributed by atoms with Crippen LogP contribution < -0.4 is 5.56 Å². The van der Waals surface area contributed by atoms with E-state index < -0.39 is 0 Å². The van der Waals surface area contributed by atoms with Gasteiger partial charge in [-0.15, -0.1) is 0 Å². The maximum Gasteiger partial charge on any atom is 0.279 e. The zero-order valence-electron chi connectivity index (χ0n) is 12.9. The first-order valence-corrected chi connectivity index (χ1v) is 7.18. The number of rotatable bonds is 1. The molecule has 5 heteroatoms. The second kappa shape index (κ2) is 5.38. The number of hydrogen-bond acceptors (Lipinski definition) is 3. The van der Waals surface area contributed by atoms with Crippen molar-refractivity contribution < 1.29 is 4.79 Å². The van der Waals surface area contributed by atoms with Crippen LogP contribution in [0.4, 0.5) is 0 Å². The molecule has 1 aromatic rings. The van der Waals surface area contributed by atoms with Crippen LogP contribution in [0.2, 0.25) is 0 Å². The molecule has 0 aliphatic carbocycles. The summed E-state index contributed by atoms with van der Waals surface area (Å²) in [5.41, 5.74) is 1.41. The van der Waals surface area contributed by atoms with Crippen LogP contribution >= 0.6 is 0 Å². The van der Waals surface area contributed by atoms with E-state index in [1.165, 1.54) is 4.68 Å². The quantitative estimate of drug-likeness (QED) is 0.784. The summed E-state index contributed by atoms with van der Waals surface area (Å²) in [4.78, 5) is 26.8. The largest absolute Gasteiger partial charge is 0.336 e. The number of nitrogens with zero attached hydrogens (tertiary/aromatic N) is 3. The zero-order valence-corrected chi connectivity index (χ0v) is 12.9. The lowest BCUT2D eigenvalue weighted by atomic mass is 9.92. The average molecular weight is 277 g/mol. The van der Waals surface area contributed by atoms with Gasteiger partial charge in [0.2, 0.25) is 0 Å². The maximum absolute atomic E-state index is 12.7. The van der Waals surface area contributed by atoms with Gasteiger partial charge < -0.3 is 4.90 Å². The van der Waals surface area contributed by atoms with E-state index in [0.29, 0.717) is 11.5 Å². The molecule has 0 bridgehead atoms. The topological polar surface area (TPSA) is 55.2 Å². The fourth-order valence-electron chi connectivity index (χ4n) is 2.95. The minimum absolute atomic E-state index is 0.145. The summed E-state index contributed by atoms with van der Waals surface area (Å²) < 4.78 is 1.26. The minimum atomic E-state index is -0.302. The number of aryl methyl sites for hydroxylation is 2. The number of likely N-dealkylation sites (tertiary alicyclic amines) is 1. The Kier molecular flexibility index (Phi) is 3.97. The van der Waals surface area contributed by atoms with Gasteiger partial charge in [-0.2, -0.15) is 5.10 Å². The first kappa shape index (κ1) is 14.8. The van der Waals surface area contributed by atoms with E-state index in [0.717, 1.165) is 25.1 Å². The molecule has 1 aliphatic rings. The van der Waals surface area contributed by atoms with E-state index in [1.54, 1.807) is 14.0 Å². The van der Waals surface area contributed by atoms with Crippen LogP contribution in [0.3, 0.4) is 0 Å². The highest BCUT2D eigenvalue weighted by Crippen LogP contribution is 2.24. The molecule has 1 amide bonds. The van der Waals surface area contributed by atoms with E-state index in [4.69, 9.17) is 0 Å². The van der Waals surface area contributed by atoms with Crippen molar-refractivity contribution in [1.82, 2.24) is 14.7 Å². The monoisotopic (exact) mass is 277 g/mol. The summed E-state index contributed by atoms with van der Waals surface area (Å²) in [5, 5.41) is 4.13. The average Bonchev–Trinajstić information content (AvgIpc) is 2.36. The molecular weight excluding hydrogens is 254 g/mol. The Bertz CT molecular complexity index is 592. The predicted octanol–water partition coefficient (Wildman–Crippen LogP) is 1.66. The molecule has 1 aliphatic heterocycles. The lowest BCUT2D eigenvalue weighted by Crippen LogP contribution is -2.46. The van der Waals surface area contributed by atoms with Crippen molar-refractivity contribution in [2.75, 3.05) is 6.54 Å². The second-order valence-corrected chi connectivity index (χ2v) is 5.99. The molecule has 1 saturated heterocycles. The normalized spacial score (nSPS) is 22.9. The van der Waals surface area contributed by atoms with E-state index in [9.17, 15) is 9.59 Å². The molecule has 2 rings (SSSR count). The lowest BCUT2D eigenvalue weighted by molar-refractivity contribution is 0.0584. The zero-order chi connectivity index (χ0) is 15.0. The van der Waals surface area contributed by atoms with Gasteiger partial charge in [0.1, 0.15) is 5.56 Å². The Morgan fingerprint density at radius 1 is 1.30 bits per heavy atom. The molecule has 0 N–H and O–H groups in total. The second-order valence-electron chi connectivity index (χ2n) is 5.99. The number of hydrogen-bond donors (Lipinski definition) is 0. The van der Waals surface area contributed by atoms with Crippen molar-refractivity contribution in [1.29, 1.82) is 0 Å². The van der Waals surface area contributed by atoms with Crippen molar-refractivity contribution in [3.8, 4) is 0 Å². The SMILES string of the molecule is Cc1nn(C)c(=O)c(C(=O)N2CC[C@H](C)C[C@@H]2C)c1C. The first-order chi connectivity index (χ1) is 9.32. The summed E-state index contributed by atoms with van der Waals surface area (Å²) in [5.74, 6) is 0.491. The molecule has 0 spiro atoms.